The molecule has 1 aliphatic heterocycles. The Morgan fingerprint density at radius 2 is 1.92 bits per heavy atom. The summed E-state index contributed by atoms with van der Waals surface area (Å²) in [4.78, 5) is 9.18. The van der Waals surface area contributed by atoms with Crippen molar-refractivity contribution >= 4 is 22.5 Å². The third kappa shape index (κ3) is 3.17. The van der Waals surface area contributed by atoms with Gasteiger partial charge in [0.25, 0.3) is 0 Å². The molecule has 0 aliphatic carbocycles. The average Bonchev–Trinajstić information content (AvgIpc) is 2.68. The van der Waals surface area contributed by atoms with Gasteiger partial charge in [-0.3, -0.25) is 10.7 Å². The van der Waals surface area contributed by atoms with Crippen LogP contribution in [0.2, 0.25) is 0 Å². The Kier molecular flexibility index (Phi) is 4.14. The first kappa shape index (κ1) is 16.3. The molecule has 0 spiro atoms. The van der Waals surface area contributed by atoms with Crippen LogP contribution in [0.25, 0.3) is 10.9 Å². The molecule has 2 aromatic carbocycles. The maximum absolute atomic E-state index is 6.57. The van der Waals surface area contributed by atoms with Crippen molar-refractivity contribution in [1.29, 1.82) is 0 Å². The molecule has 5 heteroatoms. The van der Waals surface area contributed by atoms with Crippen LogP contribution in [0.1, 0.15) is 18.1 Å². The zero-order valence-electron chi connectivity index (χ0n) is 14.6. The number of nitrogens with one attached hydrogen (secondary N) is 2. The fraction of sp³-hybridized carbons (Fsp3) is 0.143. The Labute approximate surface area is 152 Å². The molecule has 130 valence electrons. The molecule has 0 bridgehead atoms. The van der Waals surface area contributed by atoms with Gasteiger partial charge in [-0.15, -0.1) is 0 Å². The standard InChI is InChI=1S/C21H21N5/c1-2-15-7-9-18(10-8-15)25-20-23-12-11-21(22,26-20)17-13-16-5-3-4-6-19(16)24-14-17/h3-14H,2,22H2,1H3,(H2,23,25,26). The van der Waals surface area contributed by atoms with Crippen LogP contribution >= 0.6 is 0 Å². The highest BCUT2D eigenvalue weighted by Gasteiger charge is 2.27. The second-order valence-electron chi connectivity index (χ2n) is 6.36. The molecule has 1 atom stereocenters. The monoisotopic (exact) mass is 343 g/mol. The van der Waals surface area contributed by atoms with Crippen LogP contribution in [0.4, 0.5) is 5.69 Å². The fourth-order valence-corrected chi connectivity index (χ4v) is 2.98. The largest absolute Gasteiger partial charge is 0.333 e. The molecule has 0 radical (unpaired) electrons. The molecule has 0 fully saturated rings. The molecule has 2 heterocycles. The van der Waals surface area contributed by atoms with E-state index in [1.54, 1.807) is 6.20 Å². The van der Waals surface area contributed by atoms with Crippen molar-refractivity contribution in [2.24, 2.45) is 10.7 Å². The highest BCUT2D eigenvalue weighted by molar-refractivity contribution is 5.95. The third-order valence-corrected chi connectivity index (χ3v) is 4.53. The number of aromatic nitrogens is 1. The van der Waals surface area contributed by atoms with Crippen LogP contribution in [0.3, 0.4) is 0 Å². The second kappa shape index (κ2) is 6.61. The lowest BCUT2D eigenvalue weighted by Crippen LogP contribution is -2.41. The molecular weight excluding hydrogens is 322 g/mol. The average molecular weight is 343 g/mol. The number of benzene rings is 2. The highest BCUT2D eigenvalue weighted by Crippen LogP contribution is 2.26. The summed E-state index contributed by atoms with van der Waals surface area (Å²) in [7, 11) is 0. The van der Waals surface area contributed by atoms with E-state index >= 15 is 0 Å². The molecule has 1 aromatic heterocycles. The number of nitrogens with zero attached hydrogens (tertiary/aromatic N) is 2. The minimum absolute atomic E-state index is 0.604. The number of nitrogens with two attached hydrogens (primary N) is 1. The molecular formula is C21H21N5. The Balaban J connectivity index is 1.63. The number of pyridine rings is 1. The van der Waals surface area contributed by atoms with Crippen molar-refractivity contribution in [3.8, 4) is 0 Å². The normalized spacial score (nSPS) is 19.1. The third-order valence-electron chi connectivity index (χ3n) is 4.53. The maximum atomic E-state index is 6.57. The van der Waals surface area contributed by atoms with Crippen LogP contribution in [0.5, 0.6) is 0 Å². The molecule has 0 saturated carbocycles. The summed E-state index contributed by atoms with van der Waals surface area (Å²) in [6.07, 6.45) is 6.45. The lowest BCUT2D eigenvalue weighted by molar-refractivity contribution is 0.581. The number of fused-ring (bicyclic) bond motifs is 1. The van der Waals surface area contributed by atoms with E-state index in [0.29, 0.717) is 5.96 Å². The van der Waals surface area contributed by atoms with Gasteiger partial charge < -0.3 is 10.6 Å². The first-order chi connectivity index (χ1) is 12.7. The molecule has 4 N–H and O–H groups in total. The van der Waals surface area contributed by atoms with Gasteiger partial charge in [-0.05, 0) is 42.3 Å². The van der Waals surface area contributed by atoms with Crippen LogP contribution < -0.4 is 16.4 Å². The van der Waals surface area contributed by atoms with Crippen LogP contribution in [0.15, 0.2) is 78.1 Å². The summed E-state index contributed by atoms with van der Waals surface area (Å²) in [5, 5.41) is 7.44. The number of rotatable bonds is 3. The van der Waals surface area contributed by atoms with Gasteiger partial charge in [0.15, 0.2) is 5.66 Å². The van der Waals surface area contributed by atoms with Crippen molar-refractivity contribution in [3.05, 3.63) is 84.2 Å². The van der Waals surface area contributed by atoms with Crippen molar-refractivity contribution in [3.63, 3.8) is 0 Å². The van der Waals surface area contributed by atoms with Crippen LogP contribution in [-0.2, 0) is 12.1 Å². The van der Waals surface area contributed by atoms with E-state index in [2.05, 4.69) is 39.7 Å². The van der Waals surface area contributed by atoms with Gasteiger partial charge in [0, 0.05) is 29.0 Å². The van der Waals surface area contributed by atoms with E-state index in [4.69, 9.17) is 5.73 Å². The zero-order valence-corrected chi connectivity index (χ0v) is 14.6. The van der Waals surface area contributed by atoms with E-state index in [1.807, 2.05) is 54.7 Å². The smallest absolute Gasteiger partial charge is 0.202 e. The van der Waals surface area contributed by atoms with Gasteiger partial charge in [0.05, 0.1) is 5.52 Å². The van der Waals surface area contributed by atoms with Crippen LogP contribution in [0, 0.1) is 0 Å². The summed E-state index contributed by atoms with van der Waals surface area (Å²) in [6, 6.07) is 18.3. The van der Waals surface area contributed by atoms with Gasteiger partial charge >= 0.3 is 0 Å². The zero-order chi connectivity index (χ0) is 18.0. The fourth-order valence-electron chi connectivity index (χ4n) is 2.98. The van der Waals surface area contributed by atoms with Gasteiger partial charge in [0.1, 0.15) is 0 Å². The SMILES string of the molecule is CCc1ccc(NC2=NC(N)(c3cnc4ccccc4c3)C=CN2)cc1. The topological polar surface area (TPSA) is 75.3 Å². The lowest BCUT2D eigenvalue weighted by atomic mass is 10.0. The molecule has 3 aromatic rings. The van der Waals surface area contributed by atoms with Crippen molar-refractivity contribution in [1.82, 2.24) is 10.3 Å². The summed E-state index contributed by atoms with van der Waals surface area (Å²) < 4.78 is 0. The number of aryl methyl sites for hydroxylation is 1. The number of hydrogen-bond donors (Lipinski definition) is 3. The number of hydrogen-bond acceptors (Lipinski definition) is 5. The van der Waals surface area contributed by atoms with E-state index in [0.717, 1.165) is 28.6 Å². The molecule has 1 aliphatic rings. The van der Waals surface area contributed by atoms with Crippen molar-refractivity contribution in [2.45, 2.75) is 19.0 Å². The van der Waals surface area contributed by atoms with E-state index in [1.165, 1.54) is 5.56 Å². The summed E-state index contributed by atoms with van der Waals surface area (Å²) in [5.74, 6) is 0.604. The number of aliphatic imine (C=N–C) groups is 1. The predicted molar refractivity (Wildman–Crippen MR) is 107 cm³/mol. The molecule has 4 rings (SSSR count). The maximum Gasteiger partial charge on any atom is 0.202 e. The van der Waals surface area contributed by atoms with E-state index in [-0.39, 0.29) is 0 Å². The first-order valence-corrected chi connectivity index (χ1v) is 8.70. The molecule has 26 heavy (non-hydrogen) atoms. The van der Waals surface area contributed by atoms with Crippen molar-refractivity contribution in [2.75, 3.05) is 5.32 Å². The number of guanidine groups is 1. The number of para-hydroxylation sites is 1. The number of anilines is 1. The summed E-state index contributed by atoms with van der Waals surface area (Å²) in [5.41, 5.74) is 9.64. The molecule has 0 saturated heterocycles. The summed E-state index contributed by atoms with van der Waals surface area (Å²) >= 11 is 0. The Bertz CT molecular complexity index is 991. The van der Waals surface area contributed by atoms with E-state index < -0.39 is 5.66 Å². The van der Waals surface area contributed by atoms with Crippen molar-refractivity contribution < 1.29 is 0 Å². The summed E-state index contributed by atoms with van der Waals surface area (Å²) in [6.45, 7) is 2.14. The van der Waals surface area contributed by atoms with Gasteiger partial charge in [-0.2, -0.15) is 0 Å². The Morgan fingerprint density at radius 3 is 2.73 bits per heavy atom. The molecule has 0 amide bonds. The highest BCUT2D eigenvalue weighted by atomic mass is 15.2. The predicted octanol–water partition coefficient (Wildman–Crippen LogP) is 3.49. The molecule has 5 nitrogen and oxygen atoms in total. The quantitative estimate of drug-likeness (QED) is 0.680. The van der Waals surface area contributed by atoms with Gasteiger partial charge in [-0.25, -0.2) is 4.99 Å². The van der Waals surface area contributed by atoms with Gasteiger partial charge in [0.2, 0.25) is 5.96 Å². The Morgan fingerprint density at radius 1 is 1.12 bits per heavy atom. The second-order valence-corrected chi connectivity index (χ2v) is 6.36. The minimum atomic E-state index is -0.964. The van der Waals surface area contributed by atoms with Gasteiger partial charge in [-0.1, -0.05) is 37.3 Å². The lowest BCUT2D eigenvalue weighted by Gasteiger charge is -2.27. The Hall–Kier alpha value is -3.18. The first-order valence-electron chi connectivity index (χ1n) is 8.70. The molecule has 1 unspecified atom stereocenters. The minimum Gasteiger partial charge on any atom is -0.333 e. The van der Waals surface area contributed by atoms with Crippen LogP contribution in [-0.4, -0.2) is 10.9 Å². The van der Waals surface area contributed by atoms with E-state index in [9.17, 15) is 0 Å².